The van der Waals surface area contributed by atoms with Gasteiger partial charge in [-0.3, -0.25) is 0 Å². The molecule has 1 saturated heterocycles. The van der Waals surface area contributed by atoms with Gasteiger partial charge in [0, 0.05) is 0 Å². The topological polar surface area (TPSA) is 18.5 Å². The van der Waals surface area contributed by atoms with Gasteiger partial charge in [-0.05, 0) is 56.2 Å². The lowest BCUT2D eigenvalue weighted by Crippen LogP contribution is -2.28. The molecule has 0 amide bonds. The van der Waals surface area contributed by atoms with Crippen LogP contribution < -0.4 is 0 Å². The lowest BCUT2D eigenvalue weighted by molar-refractivity contribution is -0.157. The summed E-state index contributed by atoms with van der Waals surface area (Å²) in [7, 11) is 0. The summed E-state index contributed by atoms with van der Waals surface area (Å²) < 4.78 is 12.1. The minimum absolute atomic E-state index is 0.189. The second-order valence-electron chi connectivity index (χ2n) is 6.34. The van der Waals surface area contributed by atoms with E-state index in [0.717, 1.165) is 12.8 Å². The van der Waals surface area contributed by atoms with Crippen molar-refractivity contribution in [3.05, 3.63) is 33.8 Å². The van der Waals surface area contributed by atoms with E-state index in [2.05, 4.69) is 13.0 Å². The molecule has 4 heteroatoms. The summed E-state index contributed by atoms with van der Waals surface area (Å²) in [6, 6.07) is 5.91. The van der Waals surface area contributed by atoms with Crippen molar-refractivity contribution >= 4 is 23.2 Å². The van der Waals surface area contributed by atoms with Crippen LogP contribution in [0, 0.1) is 5.92 Å². The average Bonchev–Trinajstić information content (AvgIpc) is 2.86. The van der Waals surface area contributed by atoms with Crippen molar-refractivity contribution in [2.75, 3.05) is 0 Å². The molecule has 4 unspecified atom stereocenters. The molecule has 2 nitrogen and oxygen atoms in total. The van der Waals surface area contributed by atoms with Crippen LogP contribution in [-0.4, -0.2) is 18.0 Å². The van der Waals surface area contributed by atoms with Crippen LogP contribution in [-0.2, 0) is 9.47 Å². The predicted octanol–water partition coefficient (Wildman–Crippen LogP) is 5.03. The number of rotatable bonds is 2. The Labute approximate surface area is 130 Å². The number of halogens is 2. The first-order valence-corrected chi connectivity index (χ1v) is 7.93. The highest BCUT2D eigenvalue weighted by molar-refractivity contribution is 6.42. The van der Waals surface area contributed by atoms with Crippen molar-refractivity contribution in [1.29, 1.82) is 0 Å². The fourth-order valence-electron chi connectivity index (χ4n) is 3.55. The lowest BCUT2D eigenvalue weighted by atomic mass is 9.85. The molecule has 1 heterocycles. The molecule has 1 aromatic carbocycles. The molecule has 1 aliphatic heterocycles. The van der Waals surface area contributed by atoms with E-state index < -0.39 is 5.79 Å². The van der Waals surface area contributed by atoms with Crippen LogP contribution in [0.1, 0.15) is 45.1 Å². The van der Waals surface area contributed by atoms with Crippen LogP contribution in [0.3, 0.4) is 0 Å². The summed E-state index contributed by atoms with van der Waals surface area (Å²) in [5.41, 5.74) is 1.22. The first kappa shape index (κ1) is 14.6. The van der Waals surface area contributed by atoms with Crippen LogP contribution in [0.25, 0.3) is 0 Å². The number of ether oxygens (including phenoxy) is 2. The highest BCUT2D eigenvalue weighted by Gasteiger charge is 2.50. The fourth-order valence-corrected chi connectivity index (χ4v) is 3.85. The summed E-state index contributed by atoms with van der Waals surface area (Å²) in [5, 5.41) is 1.22. The minimum Gasteiger partial charge on any atom is -0.345 e. The van der Waals surface area contributed by atoms with Crippen molar-refractivity contribution in [3.63, 3.8) is 0 Å². The molecule has 1 aromatic rings. The summed E-state index contributed by atoms with van der Waals surface area (Å²) in [6.07, 6.45) is 2.63. The van der Waals surface area contributed by atoms with Crippen LogP contribution in [0.5, 0.6) is 0 Å². The summed E-state index contributed by atoms with van der Waals surface area (Å²) in [6.45, 7) is 6.22. The Morgan fingerprint density at radius 1 is 1.15 bits per heavy atom. The van der Waals surface area contributed by atoms with E-state index in [0.29, 0.717) is 21.9 Å². The van der Waals surface area contributed by atoms with Crippen molar-refractivity contribution in [1.82, 2.24) is 0 Å². The Hall–Kier alpha value is -0.280. The lowest BCUT2D eigenvalue weighted by Gasteiger charge is -2.26. The maximum absolute atomic E-state index is 6.13. The van der Waals surface area contributed by atoms with Gasteiger partial charge in [0.25, 0.3) is 0 Å². The first-order valence-electron chi connectivity index (χ1n) is 7.18. The Bertz CT molecular complexity index is 515. The largest absolute Gasteiger partial charge is 0.345 e. The molecule has 0 spiro atoms. The fraction of sp³-hybridized carbons (Fsp3) is 0.625. The zero-order chi connectivity index (χ0) is 14.5. The predicted molar refractivity (Wildman–Crippen MR) is 81.4 cm³/mol. The second-order valence-corrected chi connectivity index (χ2v) is 7.16. The summed E-state index contributed by atoms with van der Waals surface area (Å²) in [4.78, 5) is 0. The van der Waals surface area contributed by atoms with E-state index >= 15 is 0 Å². The Balaban J connectivity index is 1.80. The van der Waals surface area contributed by atoms with Crippen LogP contribution in [0.2, 0.25) is 10.0 Å². The van der Waals surface area contributed by atoms with Gasteiger partial charge < -0.3 is 9.47 Å². The molecule has 0 bridgehead atoms. The molecular weight excluding hydrogens is 295 g/mol. The SMILES string of the molecule is CC(c1ccc(Cl)c(Cl)c1)C1CCC2OC(C)(C)OC21. The normalized spacial score (nSPS) is 33.1. The Kier molecular flexibility index (Phi) is 3.79. The first-order chi connectivity index (χ1) is 9.37. The summed E-state index contributed by atoms with van der Waals surface area (Å²) in [5.74, 6) is 0.405. The molecule has 2 fully saturated rings. The van der Waals surface area contributed by atoms with Gasteiger partial charge in [-0.2, -0.15) is 0 Å². The molecule has 20 heavy (non-hydrogen) atoms. The van der Waals surface area contributed by atoms with Crippen molar-refractivity contribution < 1.29 is 9.47 Å². The third-order valence-corrected chi connectivity index (χ3v) is 5.28. The Morgan fingerprint density at radius 2 is 1.90 bits per heavy atom. The van der Waals surface area contributed by atoms with E-state index in [1.807, 2.05) is 26.0 Å². The third-order valence-electron chi connectivity index (χ3n) is 4.54. The molecule has 3 rings (SSSR count). The Morgan fingerprint density at radius 3 is 2.60 bits per heavy atom. The highest BCUT2D eigenvalue weighted by Crippen LogP contribution is 2.47. The van der Waals surface area contributed by atoms with E-state index in [9.17, 15) is 0 Å². The van der Waals surface area contributed by atoms with E-state index in [-0.39, 0.29) is 12.2 Å². The molecule has 2 aliphatic rings. The van der Waals surface area contributed by atoms with Gasteiger partial charge in [0.1, 0.15) is 0 Å². The number of hydrogen-bond acceptors (Lipinski definition) is 2. The van der Waals surface area contributed by atoms with Crippen LogP contribution in [0.15, 0.2) is 18.2 Å². The van der Waals surface area contributed by atoms with Crippen LogP contribution >= 0.6 is 23.2 Å². The molecule has 0 aromatic heterocycles. The van der Waals surface area contributed by atoms with Gasteiger partial charge in [-0.1, -0.05) is 36.2 Å². The maximum atomic E-state index is 6.13. The zero-order valence-corrected chi connectivity index (χ0v) is 13.5. The van der Waals surface area contributed by atoms with Gasteiger partial charge in [0.15, 0.2) is 5.79 Å². The van der Waals surface area contributed by atoms with E-state index in [1.165, 1.54) is 5.56 Å². The smallest absolute Gasteiger partial charge is 0.163 e. The van der Waals surface area contributed by atoms with Gasteiger partial charge >= 0.3 is 0 Å². The number of hydrogen-bond donors (Lipinski definition) is 0. The highest BCUT2D eigenvalue weighted by atomic mass is 35.5. The molecule has 0 radical (unpaired) electrons. The summed E-state index contributed by atoms with van der Waals surface area (Å²) >= 11 is 12.1. The van der Waals surface area contributed by atoms with E-state index in [1.54, 1.807) is 0 Å². The van der Waals surface area contributed by atoms with Crippen molar-refractivity contribution in [3.8, 4) is 0 Å². The molecular formula is C16H20Cl2O2. The number of fused-ring (bicyclic) bond motifs is 1. The van der Waals surface area contributed by atoms with Gasteiger partial charge in [-0.25, -0.2) is 0 Å². The van der Waals surface area contributed by atoms with Crippen LogP contribution in [0.4, 0.5) is 0 Å². The van der Waals surface area contributed by atoms with Crippen molar-refractivity contribution in [2.24, 2.45) is 5.92 Å². The zero-order valence-electron chi connectivity index (χ0n) is 12.0. The molecule has 0 N–H and O–H groups in total. The molecule has 110 valence electrons. The molecule has 4 atom stereocenters. The van der Waals surface area contributed by atoms with Crippen molar-refractivity contribution in [2.45, 2.75) is 57.5 Å². The molecule has 1 aliphatic carbocycles. The second kappa shape index (κ2) is 5.17. The molecule has 1 saturated carbocycles. The van der Waals surface area contributed by atoms with Gasteiger partial charge in [-0.15, -0.1) is 0 Å². The minimum atomic E-state index is -0.453. The number of benzene rings is 1. The quantitative estimate of drug-likeness (QED) is 0.762. The van der Waals surface area contributed by atoms with Gasteiger partial charge in [0.2, 0.25) is 0 Å². The van der Waals surface area contributed by atoms with Gasteiger partial charge in [0.05, 0.1) is 22.3 Å². The van der Waals surface area contributed by atoms with E-state index in [4.69, 9.17) is 32.7 Å². The maximum Gasteiger partial charge on any atom is 0.163 e. The monoisotopic (exact) mass is 314 g/mol. The third kappa shape index (κ3) is 2.59. The average molecular weight is 315 g/mol. The standard InChI is InChI=1S/C16H20Cl2O2/c1-9(10-4-6-12(17)13(18)8-10)11-5-7-14-15(11)20-16(2,3)19-14/h4,6,8-9,11,14-15H,5,7H2,1-3H3.